The van der Waals surface area contributed by atoms with Crippen molar-refractivity contribution in [2.45, 2.75) is 37.8 Å². The lowest BCUT2D eigenvalue weighted by Gasteiger charge is -2.43. The standard InChI is InChI=1S/C21H26N4O3/c1-13(17-5-4-6-19(27-2)20(17)28-3)25-11-16(12-25)23-21(26)18-9-15(10-22-24-18)14-7-8-14/h4-6,9-10,13-14,16H,7-8,11-12H2,1-3H3,(H,23,26). The number of nitrogens with one attached hydrogen (secondary N) is 1. The number of rotatable bonds is 7. The number of carbonyl (C=O) groups is 1. The summed E-state index contributed by atoms with van der Waals surface area (Å²) >= 11 is 0. The molecule has 1 aromatic carbocycles. The van der Waals surface area contributed by atoms with Crippen LogP contribution in [0, 0.1) is 0 Å². The van der Waals surface area contributed by atoms with Gasteiger partial charge in [0.1, 0.15) is 0 Å². The van der Waals surface area contributed by atoms with Gasteiger partial charge < -0.3 is 14.8 Å². The number of hydrogen-bond acceptors (Lipinski definition) is 6. The summed E-state index contributed by atoms with van der Waals surface area (Å²) in [5.74, 6) is 1.90. The molecule has 1 saturated heterocycles. The molecular weight excluding hydrogens is 356 g/mol. The Kier molecular flexibility index (Phi) is 5.17. The molecule has 1 aliphatic carbocycles. The zero-order chi connectivity index (χ0) is 19.7. The van der Waals surface area contributed by atoms with Gasteiger partial charge in [-0.25, -0.2) is 0 Å². The summed E-state index contributed by atoms with van der Waals surface area (Å²) < 4.78 is 11.0. The fraction of sp³-hybridized carbons (Fsp3) is 0.476. The lowest BCUT2D eigenvalue weighted by atomic mass is 9.99. The van der Waals surface area contributed by atoms with E-state index in [2.05, 4.69) is 33.4 Å². The zero-order valence-electron chi connectivity index (χ0n) is 16.5. The second-order valence-electron chi connectivity index (χ2n) is 7.53. The van der Waals surface area contributed by atoms with Crippen LogP contribution in [0.15, 0.2) is 30.5 Å². The van der Waals surface area contributed by atoms with E-state index in [1.54, 1.807) is 20.4 Å². The Morgan fingerprint density at radius 3 is 2.71 bits per heavy atom. The Morgan fingerprint density at radius 2 is 2.04 bits per heavy atom. The van der Waals surface area contributed by atoms with E-state index in [0.29, 0.717) is 11.6 Å². The third kappa shape index (κ3) is 3.67. The van der Waals surface area contributed by atoms with Crippen molar-refractivity contribution in [3.63, 3.8) is 0 Å². The highest BCUT2D eigenvalue weighted by Gasteiger charge is 2.34. The molecule has 1 aromatic heterocycles. The first kappa shape index (κ1) is 18.7. The van der Waals surface area contributed by atoms with Gasteiger partial charge >= 0.3 is 0 Å². The maximum atomic E-state index is 12.5. The van der Waals surface area contributed by atoms with Crippen molar-refractivity contribution in [1.82, 2.24) is 20.4 Å². The number of para-hydroxylation sites is 1. The topological polar surface area (TPSA) is 76.6 Å². The number of ether oxygens (including phenoxy) is 2. The number of nitrogens with zero attached hydrogens (tertiary/aromatic N) is 3. The molecule has 2 aliphatic rings. The summed E-state index contributed by atoms with van der Waals surface area (Å²) in [4.78, 5) is 14.8. The minimum absolute atomic E-state index is 0.109. The van der Waals surface area contributed by atoms with Crippen molar-refractivity contribution in [3.05, 3.63) is 47.3 Å². The molecule has 0 bridgehead atoms. The molecule has 0 spiro atoms. The van der Waals surface area contributed by atoms with Gasteiger partial charge in [0.25, 0.3) is 5.91 Å². The van der Waals surface area contributed by atoms with E-state index < -0.39 is 0 Å². The minimum atomic E-state index is -0.147. The van der Waals surface area contributed by atoms with Crippen molar-refractivity contribution in [1.29, 1.82) is 0 Å². The van der Waals surface area contributed by atoms with Crippen LogP contribution in [0.1, 0.15) is 53.3 Å². The molecule has 1 atom stereocenters. The summed E-state index contributed by atoms with van der Waals surface area (Å²) in [6, 6.07) is 8.06. The molecule has 0 radical (unpaired) electrons. The van der Waals surface area contributed by atoms with E-state index in [-0.39, 0.29) is 18.0 Å². The highest BCUT2D eigenvalue weighted by atomic mass is 16.5. The van der Waals surface area contributed by atoms with Gasteiger partial charge in [-0.05, 0) is 43.4 Å². The van der Waals surface area contributed by atoms with Gasteiger partial charge in [0.2, 0.25) is 0 Å². The molecule has 1 unspecified atom stereocenters. The third-order valence-electron chi connectivity index (χ3n) is 5.63. The van der Waals surface area contributed by atoms with Gasteiger partial charge in [0.05, 0.1) is 26.5 Å². The van der Waals surface area contributed by atoms with Crippen molar-refractivity contribution in [3.8, 4) is 11.5 Å². The van der Waals surface area contributed by atoms with Crippen LogP contribution >= 0.6 is 0 Å². The van der Waals surface area contributed by atoms with Crippen molar-refractivity contribution in [2.24, 2.45) is 0 Å². The SMILES string of the molecule is COc1cccc(C(C)N2CC(NC(=O)c3cc(C4CC4)cnn3)C2)c1OC. The average Bonchev–Trinajstić information content (AvgIpc) is 3.54. The van der Waals surface area contributed by atoms with Crippen LogP contribution in [-0.4, -0.2) is 54.4 Å². The number of likely N-dealkylation sites (tertiary alicyclic amines) is 1. The van der Waals surface area contributed by atoms with E-state index in [0.717, 1.165) is 35.7 Å². The Bertz CT molecular complexity index is 862. The molecule has 7 nitrogen and oxygen atoms in total. The van der Waals surface area contributed by atoms with Crippen LogP contribution in [0.25, 0.3) is 0 Å². The first-order chi connectivity index (χ1) is 13.6. The monoisotopic (exact) mass is 382 g/mol. The van der Waals surface area contributed by atoms with E-state index in [1.807, 2.05) is 18.2 Å². The van der Waals surface area contributed by atoms with E-state index in [1.165, 1.54) is 12.8 Å². The molecule has 2 heterocycles. The normalized spacial score (nSPS) is 18.2. The first-order valence-corrected chi connectivity index (χ1v) is 9.69. The lowest BCUT2D eigenvalue weighted by Crippen LogP contribution is -2.59. The van der Waals surface area contributed by atoms with E-state index in [9.17, 15) is 4.79 Å². The Hall–Kier alpha value is -2.67. The average molecular weight is 382 g/mol. The molecule has 1 saturated carbocycles. The maximum Gasteiger partial charge on any atom is 0.272 e. The molecule has 7 heteroatoms. The summed E-state index contributed by atoms with van der Waals surface area (Å²) in [5.41, 5.74) is 2.61. The number of carbonyl (C=O) groups excluding carboxylic acids is 1. The fourth-order valence-electron chi connectivity index (χ4n) is 3.75. The maximum absolute atomic E-state index is 12.5. The lowest BCUT2D eigenvalue weighted by molar-refractivity contribution is 0.0665. The molecule has 28 heavy (non-hydrogen) atoms. The number of hydrogen-bond donors (Lipinski definition) is 1. The van der Waals surface area contributed by atoms with E-state index >= 15 is 0 Å². The molecule has 2 aromatic rings. The van der Waals surface area contributed by atoms with Crippen molar-refractivity contribution < 1.29 is 14.3 Å². The number of amides is 1. The van der Waals surface area contributed by atoms with Gasteiger partial charge in [0.15, 0.2) is 17.2 Å². The van der Waals surface area contributed by atoms with E-state index in [4.69, 9.17) is 9.47 Å². The molecule has 2 fully saturated rings. The van der Waals surface area contributed by atoms with Crippen LogP contribution in [0.3, 0.4) is 0 Å². The van der Waals surface area contributed by atoms with Gasteiger partial charge in [-0.1, -0.05) is 12.1 Å². The molecule has 4 rings (SSSR count). The zero-order valence-corrected chi connectivity index (χ0v) is 16.5. The molecule has 1 N–H and O–H groups in total. The van der Waals surface area contributed by atoms with Gasteiger partial charge in [-0.3, -0.25) is 9.69 Å². The third-order valence-corrected chi connectivity index (χ3v) is 5.63. The second-order valence-corrected chi connectivity index (χ2v) is 7.53. The van der Waals surface area contributed by atoms with Gasteiger partial charge in [0, 0.05) is 24.7 Å². The Labute approximate surface area is 165 Å². The fourth-order valence-corrected chi connectivity index (χ4v) is 3.75. The second kappa shape index (κ2) is 7.75. The van der Waals surface area contributed by atoms with Crippen molar-refractivity contribution in [2.75, 3.05) is 27.3 Å². The van der Waals surface area contributed by atoms with Crippen LogP contribution in [0.4, 0.5) is 0 Å². The Balaban J connectivity index is 1.36. The number of benzene rings is 1. The smallest absolute Gasteiger partial charge is 0.272 e. The highest BCUT2D eigenvalue weighted by molar-refractivity contribution is 5.92. The first-order valence-electron chi connectivity index (χ1n) is 9.69. The quantitative estimate of drug-likeness (QED) is 0.793. The predicted molar refractivity (Wildman–Crippen MR) is 105 cm³/mol. The van der Waals surface area contributed by atoms with Crippen molar-refractivity contribution >= 4 is 5.91 Å². The largest absolute Gasteiger partial charge is 0.493 e. The molecule has 1 amide bonds. The summed E-state index contributed by atoms with van der Waals surface area (Å²) in [6.07, 6.45) is 4.12. The van der Waals surface area contributed by atoms with Crippen LogP contribution in [0.2, 0.25) is 0 Å². The summed E-state index contributed by atoms with van der Waals surface area (Å²) in [6.45, 7) is 3.70. The van der Waals surface area contributed by atoms with Gasteiger partial charge in [-0.2, -0.15) is 5.10 Å². The van der Waals surface area contributed by atoms with Gasteiger partial charge in [-0.15, -0.1) is 5.10 Å². The van der Waals surface area contributed by atoms with Crippen LogP contribution < -0.4 is 14.8 Å². The van der Waals surface area contributed by atoms with Crippen LogP contribution in [-0.2, 0) is 0 Å². The molecule has 1 aliphatic heterocycles. The predicted octanol–water partition coefficient (Wildman–Crippen LogP) is 2.55. The number of methoxy groups -OCH3 is 2. The number of aromatic nitrogens is 2. The summed E-state index contributed by atoms with van der Waals surface area (Å²) in [7, 11) is 3.30. The Morgan fingerprint density at radius 1 is 1.25 bits per heavy atom. The highest BCUT2D eigenvalue weighted by Crippen LogP contribution is 2.40. The summed E-state index contributed by atoms with van der Waals surface area (Å²) in [5, 5.41) is 11.1. The molecule has 148 valence electrons. The minimum Gasteiger partial charge on any atom is -0.493 e. The molecular formula is C21H26N4O3. The van der Waals surface area contributed by atoms with Crippen LogP contribution in [0.5, 0.6) is 11.5 Å².